The third-order valence-electron chi connectivity index (χ3n) is 6.58. The summed E-state index contributed by atoms with van der Waals surface area (Å²) in [7, 11) is 3.25. The molecule has 0 N–H and O–H groups in total. The zero-order valence-electron chi connectivity index (χ0n) is 20.9. The fourth-order valence-electron chi connectivity index (χ4n) is 4.57. The van der Waals surface area contributed by atoms with Gasteiger partial charge in [0.05, 0.1) is 20.8 Å². The zero-order valence-corrected chi connectivity index (χ0v) is 20.9. The van der Waals surface area contributed by atoms with Gasteiger partial charge in [-0.2, -0.15) is 0 Å². The van der Waals surface area contributed by atoms with Crippen LogP contribution < -0.4 is 14.4 Å². The Morgan fingerprint density at radius 2 is 1.80 bits per heavy atom. The molecule has 188 valence electrons. The number of benzene rings is 2. The molecule has 2 aromatic carbocycles. The Morgan fingerprint density at radius 1 is 1.03 bits per heavy atom. The van der Waals surface area contributed by atoms with Crippen molar-refractivity contribution in [2.75, 3.05) is 64.9 Å². The number of piperazine rings is 1. The van der Waals surface area contributed by atoms with Gasteiger partial charge in [-0.1, -0.05) is 18.1 Å². The molecule has 1 aromatic heterocycles. The first kappa shape index (κ1) is 25.0. The molecule has 1 aliphatic heterocycles. The summed E-state index contributed by atoms with van der Waals surface area (Å²) >= 11 is 0. The smallest absolute Gasteiger partial charge is 0.170 e. The second kappa shape index (κ2) is 12.0. The van der Waals surface area contributed by atoms with E-state index >= 15 is 0 Å². The van der Waals surface area contributed by atoms with E-state index in [2.05, 4.69) is 26.8 Å². The van der Waals surface area contributed by atoms with Gasteiger partial charge in [0.1, 0.15) is 11.5 Å². The molecule has 0 aliphatic carbocycles. The molecule has 0 radical (unpaired) electrons. The summed E-state index contributed by atoms with van der Waals surface area (Å²) in [6.07, 6.45) is 1.09. The van der Waals surface area contributed by atoms with Gasteiger partial charge in [0.2, 0.25) is 0 Å². The summed E-state index contributed by atoms with van der Waals surface area (Å²) in [6.45, 7) is 9.88. The van der Waals surface area contributed by atoms with Crippen molar-refractivity contribution < 1.29 is 18.4 Å². The fraction of sp³-hybridized carbons (Fsp3) is 0.444. The topological polar surface area (TPSA) is 54.2 Å². The van der Waals surface area contributed by atoms with Gasteiger partial charge in [-0.05, 0) is 62.5 Å². The first-order valence-electron chi connectivity index (χ1n) is 12.2. The van der Waals surface area contributed by atoms with Crippen LogP contribution in [0.15, 0.2) is 53.1 Å². The standard InChI is InChI=1S/C27H35FN4O3/c1-4-30(13-6-14-31-15-17-32(18-16-31)22-11-9-21(28)10-12-22)20-23-19-25(29-35-23)24-7-5-8-26(33-2)27(24)34-3/h5,7-12,19H,4,6,13-18,20H2,1-3H3. The van der Waals surface area contributed by atoms with Gasteiger partial charge in [0, 0.05) is 43.5 Å². The lowest BCUT2D eigenvalue weighted by molar-refractivity contribution is 0.206. The average molecular weight is 483 g/mol. The van der Waals surface area contributed by atoms with Crippen LogP contribution in [0.4, 0.5) is 10.1 Å². The van der Waals surface area contributed by atoms with Crippen molar-refractivity contribution in [3.8, 4) is 22.8 Å². The number of halogens is 1. The minimum absolute atomic E-state index is 0.186. The molecule has 35 heavy (non-hydrogen) atoms. The fourth-order valence-corrected chi connectivity index (χ4v) is 4.57. The summed E-state index contributed by atoms with van der Waals surface area (Å²) in [5.74, 6) is 1.97. The number of anilines is 1. The van der Waals surface area contributed by atoms with E-state index in [-0.39, 0.29) is 5.82 Å². The van der Waals surface area contributed by atoms with Crippen molar-refractivity contribution >= 4 is 5.69 Å². The van der Waals surface area contributed by atoms with Crippen LogP contribution in [0.2, 0.25) is 0 Å². The Labute approximate surface area is 207 Å². The Balaban J connectivity index is 1.25. The lowest BCUT2D eigenvalue weighted by Gasteiger charge is -2.36. The van der Waals surface area contributed by atoms with Crippen molar-refractivity contribution in [3.05, 3.63) is 60.1 Å². The maximum Gasteiger partial charge on any atom is 0.170 e. The van der Waals surface area contributed by atoms with Crippen LogP contribution in [0.5, 0.6) is 11.5 Å². The molecule has 3 aromatic rings. The minimum atomic E-state index is -0.186. The summed E-state index contributed by atoms with van der Waals surface area (Å²) in [4.78, 5) is 7.21. The Bertz CT molecular complexity index is 1060. The highest BCUT2D eigenvalue weighted by molar-refractivity contribution is 5.71. The predicted octanol–water partition coefficient (Wildman–Crippen LogP) is 4.53. The van der Waals surface area contributed by atoms with Gasteiger partial charge in [-0.25, -0.2) is 4.39 Å². The van der Waals surface area contributed by atoms with Crippen LogP contribution in [0.25, 0.3) is 11.3 Å². The van der Waals surface area contributed by atoms with E-state index < -0.39 is 0 Å². The Kier molecular flexibility index (Phi) is 8.60. The normalized spacial score (nSPS) is 14.5. The molecular weight excluding hydrogens is 447 g/mol. The molecule has 0 saturated carbocycles. The molecule has 0 bridgehead atoms. The second-order valence-electron chi connectivity index (χ2n) is 8.75. The number of ether oxygens (including phenoxy) is 2. The van der Waals surface area contributed by atoms with Crippen LogP contribution in [-0.4, -0.2) is 75.0 Å². The lowest BCUT2D eigenvalue weighted by Crippen LogP contribution is -2.47. The quantitative estimate of drug-likeness (QED) is 0.398. The molecule has 1 fully saturated rings. The van der Waals surface area contributed by atoms with Crippen molar-refractivity contribution in [2.24, 2.45) is 0 Å². The highest BCUT2D eigenvalue weighted by Gasteiger charge is 2.19. The molecule has 1 aliphatic rings. The van der Waals surface area contributed by atoms with Crippen molar-refractivity contribution in [2.45, 2.75) is 19.9 Å². The molecular formula is C27H35FN4O3. The number of methoxy groups -OCH3 is 2. The monoisotopic (exact) mass is 482 g/mol. The van der Waals surface area contributed by atoms with E-state index in [4.69, 9.17) is 14.0 Å². The first-order valence-corrected chi connectivity index (χ1v) is 12.2. The van der Waals surface area contributed by atoms with Crippen molar-refractivity contribution in [1.82, 2.24) is 15.0 Å². The number of aromatic nitrogens is 1. The van der Waals surface area contributed by atoms with Crippen LogP contribution in [-0.2, 0) is 6.54 Å². The average Bonchev–Trinajstić information content (AvgIpc) is 3.36. The minimum Gasteiger partial charge on any atom is -0.493 e. The lowest BCUT2D eigenvalue weighted by atomic mass is 10.1. The largest absolute Gasteiger partial charge is 0.493 e. The number of rotatable bonds is 11. The molecule has 4 rings (SSSR count). The second-order valence-corrected chi connectivity index (χ2v) is 8.75. The van der Waals surface area contributed by atoms with Crippen LogP contribution in [0.3, 0.4) is 0 Å². The molecule has 0 amide bonds. The number of para-hydroxylation sites is 1. The molecule has 0 spiro atoms. The van der Waals surface area contributed by atoms with Crippen LogP contribution >= 0.6 is 0 Å². The predicted molar refractivity (Wildman–Crippen MR) is 136 cm³/mol. The van der Waals surface area contributed by atoms with Crippen molar-refractivity contribution in [3.63, 3.8) is 0 Å². The van der Waals surface area contributed by atoms with Crippen molar-refractivity contribution in [1.29, 1.82) is 0 Å². The SMILES string of the molecule is CCN(CCCN1CCN(c2ccc(F)cc2)CC1)Cc1cc(-c2cccc(OC)c2OC)no1. The number of hydrogen-bond acceptors (Lipinski definition) is 7. The number of hydrogen-bond donors (Lipinski definition) is 0. The summed E-state index contributed by atoms with van der Waals surface area (Å²) in [5, 5.41) is 4.28. The summed E-state index contributed by atoms with van der Waals surface area (Å²) in [5.41, 5.74) is 2.69. The Morgan fingerprint density at radius 3 is 2.49 bits per heavy atom. The van der Waals surface area contributed by atoms with Gasteiger partial charge in [0.15, 0.2) is 17.3 Å². The maximum atomic E-state index is 13.2. The third-order valence-corrected chi connectivity index (χ3v) is 6.58. The third kappa shape index (κ3) is 6.32. The van der Waals surface area contributed by atoms with E-state index in [0.717, 1.165) is 74.9 Å². The maximum absolute atomic E-state index is 13.2. The highest BCUT2D eigenvalue weighted by atomic mass is 19.1. The van der Waals surface area contributed by atoms with Gasteiger partial charge in [0.25, 0.3) is 0 Å². The molecule has 0 unspecified atom stereocenters. The van der Waals surface area contributed by atoms with Gasteiger partial charge in [-0.3, -0.25) is 9.80 Å². The summed E-state index contributed by atoms with van der Waals surface area (Å²) < 4.78 is 29.8. The molecule has 8 heteroatoms. The van der Waals surface area contributed by atoms with E-state index in [1.165, 1.54) is 12.1 Å². The molecule has 0 atom stereocenters. The van der Waals surface area contributed by atoms with E-state index in [1.54, 1.807) is 14.2 Å². The van der Waals surface area contributed by atoms with E-state index in [9.17, 15) is 4.39 Å². The first-order chi connectivity index (χ1) is 17.1. The van der Waals surface area contributed by atoms with E-state index in [0.29, 0.717) is 18.0 Å². The highest BCUT2D eigenvalue weighted by Crippen LogP contribution is 2.37. The molecule has 7 nitrogen and oxygen atoms in total. The van der Waals surface area contributed by atoms with Gasteiger partial charge < -0.3 is 18.9 Å². The van der Waals surface area contributed by atoms with Gasteiger partial charge >= 0.3 is 0 Å². The molecule has 1 saturated heterocycles. The van der Waals surface area contributed by atoms with Gasteiger partial charge in [-0.15, -0.1) is 0 Å². The molecule has 2 heterocycles. The van der Waals surface area contributed by atoms with Crippen LogP contribution in [0.1, 0.15) is 19.1 Å². The number of nitrogens with zero attached hydrogens (tertiary/aromatic N) is 4. The summed E-state index contributed by atoms with van der Waals surface area (Å²) in [6, 6.07) is 14.5. The van der Waals surface area contributed by atoms with Crippen LogP contribution in [0, 0.1) is 5.82 Å². The van der Waals surface area contributed by atoms with E-state index in [1.807, 2.05) is 36.4 Å². The Hall–Kier alpha value is -3.10. The zero-order chi connectivity index (χ0) is 24.6.